The van der Waals surface area contributed by atoms with Gasteiger partial charge < -0.3 is 9.84 Å². The SMILES string of the molecule is COCC12CC[C@H](O)CC1=CCC1[C@@H]2CCC2(C)C(C(C)=O)CC[C@@H]12. The molecule has 4 aliphatic rings. The van der Waals surface area contributed by atoms with E-state index in [0.717, 1.165) is 38.7 Å². The van der Waals surface area contributed by atoms with E-state index in [1.165, 1.54) is 24.8 Å². The van der Waals surface area contributed by atoms with Gasteiger partial charge in [-0.05, 0) is 81.5 Å². The normalized spacial score (nSPS) is 49.0. The minimum absolute atomic E-state index is 0.145. The molecule has 140 valence electrons. The minimum atomic E-state index is -0.171. The Morgan fingerprint density at radius 1 is 1.24 bits per heavy atom. The van der Waals surface area contributed by atoms with E-state index >= 15 is 0 Å². The lowest BCUT2D eigenvalue weighted by Crippen LogP contribution is -2.53. The zero-order valence-corrected chi connectivity index (χ0v) is 16.1. The van der Waals surface area contributed by atoms with Crippen molar-refractivity contribution in [3.05, 3.63) is 11.6 Å². The van der Waals surface area contributed by atoms with Gasteiger partial charge in [-0.25, -0.2) is 0 Å². The fourth-order valence-corrected chi connectivity index (χ4v) is 7.63. The number of aliphatic hydroxyl groups is 1. The van der Waals surface area contributed by atoms with Crippen molar-refractivity contribution in [1.82, 2.24) is 0 Å². The Labute approximate surface area is 152 Å². The molecule has 0 aromatic rings. The van der Waals surface area contributed by atoms with E-state index in [4.69, 9.17) is 4.74 Å². The molecular formula is C22H34O3. The van der Waals surface area contributed by atoms with Crippen LogP contribution in [-0.4, -0.2) is 30.7 Å². The van der Waals surface area contributed by atoms with Gasteiger partial charge in [-0.3, -0.25) is 4.79 Å². The Morgan fingerprint density at radius 2 is 2.04 bits per heavy atom. The fourth-order valence-electron chi connectivity index (χ4n) is 7.63. The number of rotatable bonds is 3. The molecule has 1 N–H and O–H groups in total. The number of Topliss-reactive ketones (excluding diaryl/α,β-unsaturated/α-hetero) is 1. The summed E-state index contributed by atoms with van der Waals surface area (Å²) < 4.78 is 5.75. The molecule has 0 spiro atoms. The summed E-state index contributed by atoms with van der Waals surface area (Å²) in [5.74, 6) is 2.72. The van der Waals surface area contributed by atoms with Crippen molar-refractivity contribution in [1.29, 1.82) is 0 Å². The van der Waals surface area contributed by atoms with Gasteiger partial charge in [0.05, 0.1) is 12.7 Å². The first kappa shape index (κ1) is 17.7. The molecule has 4 rings (SSSR count). The highest BCUT2D eigenvalue weighted by Gasteiger charge is 2.60. The van der Waals surface area contributed by atoms with Crippen molar-refractivity contribution in [2.24, 2.45) is 34.5 Å². The molecule has 7 atom stereocenters. The Kier molecular flexibility index (Phi) is 4.39. The molecule has 0 amide bonds. The lowest BCUT2D eigenvalue weighted by molar-refractivity contribution is -0.128. The second kappa shape index (κ2) is 6.20. The van der Waals surface area contributed by atoms with E-state index in [9.17, 15) is 9.90 Å². The first-order valence-electron chi connectivity index (χ1n) is 10.3. The summed E-state index contributed by atoms with van der Waals surface area (Å²) in [6.07, 6.45) is 10.9. The van der Waals surface area contributed by atoms with Gasteiger partial charge in [0.25, 0.3) is 0 Å². The maximum absolute atomic E-state index is 12.2. The van der Waals surface area contributed by atoms with Crippen molar-refractivity contribution in [2.75, 3.05) is 13.7 Å². The van der Waals surface area contributed by atoms with Crippen LogP contribution < -0.4 is 0 Å². The molecule has 4 aliphatic carbocycles. The fraction of sp³-hybridized carbons (Fsp3) is 0.864. The number of carbonyl (C=O) groups excluding carboxylic acids is 1. The smallest absolute Gasteiger partial charge is 0.133 e. The van der Waals surface area contributed by atoms with Crippen LogP contribution in [0.25, 0.3) is 0 Å². The highest BCUT2D eigenvalue weighted by Crippen LogP contribution is 2.66. The van der Waals surface area contributed by atoms with E-state index in [0.29, 0.717) is 23.5 Å². The van der Waals surface area contributed by atoms with E-state index in [2.05, 4.69) is 13.0 Å². The first-order chi connectivity index (χ1) is 11.9. The van der Waals surface area contributed by atoms with E-state index in [1.54, 1.807) is 6.92 Å². The van der Waals surface area contributed by atoms with Gasteiger partial charge >= 0.3 is 0 Å². The van der Waals surface area contributed by atoms with Crippen LogP contribution >= 0.6 is 0 Å². The number of carbonyl (C=O) groups is 1. The third-order valence-electron chi connectivity index (χ3n) is 8.69. The summed E-state index contributed by atoms with van der Waals surface area (Å²) in [7, 11) is 1.83. The summed E-state index contributed by atoms with van der Waals surface area (Å²) in [6, 6.07) is 0. The monoisotopic (exact) mass is 346 g/mol. The molecule has 3 nitrogen and oxygen atoms in total. The van der Waals surface area contributed by atoms with Crippen LogP contribution in [0.4, 0.5) is 0 Å². The van der Waals surface area contributed by atoms with Crippen LogP contribution in [0.3, 0.4) is 0 Å². The molecular weight excluding hydrogens is 312 g/mol. The highest BCUT2D eigenvalue weighted by molar-refractivity contribution is 5.79. The predicted octanol–water partition coefficient (Wildman–Crippen LogP) is 4.14. The molecule has 0 saturated heterocycles. The molecule has 0 bridgehead atoms. The zero-order valence-electron chi connectivity index (χ0n) is 16.1. The molecule has 3 saturated carbocycles. The number of allylic oxidation sites excluding steroid dienone is 1. The number of hydrogen-bond acceptors (Lipinski definition) is 3. The Morgan fingerprint density at radius 3 is 2.76 bits per heavy atom. The van der Waals surface area contributed by atoms with Crippen LogP contribution in [0.2, 0.25) is 0 Å². The van der Waals surface area contributed by atoms with Gasteiger partial charge in [-0.15, -0.1) is 0 Å². The topological polar surface area (TPSA) is 46.5 Å². The van der Waals surface area contributed by atoms with Gasteiger partial charge in [-0.1, -0.05) is 18.6 Å². The average molecular weight is 347 g/mol. The van der Waals surface area contributed by atoms with Crippen molar-refractivity contribution in [2.45, 2.75) is 71.3 Å². The third-order valence-corrected chi connectivity index (χ3v) is 8.69. The summed E-state index contributed by atoms with van der Waals surface area (Å²) in [5.41, 5.74) is 1.83. The summed E-state index contributed by atoms with van der Waals surface area (Å²) in [5, 5.41) is 10.2. The Balaban J connectivity index is 1.69. The highest BCUT2D eigenvalue weighted by atomic mass is 16.5. The van der Waals surface area contributed by atoms with Crippen LogP contribution in [-0.2, 0) is 9.53 Å². The number of ketones is 1. The molecule has 0 aromatic carbocycles. The molecule has 3 heteroatoms. The molecule has 0 aliphatic heterocycles. The second-order valence-electron chi connectivity index (χ2n) is 9.61. The lowest BCUT2D eigenvalue weighted by atomic mass is 9.47. The summed E-state index contributed by atoms with van der Waals surface area (Å²) in [4.78, 5) is 12.2. The largest absolute Gasteiger partial charge is 0.393 e. The number of ether oxygens (including phenoxy) is 1. The van der Waals surface area contributed by atoms with E-state index in [-0.39, 0.29) is 22.9 Å². The molecule has 0 aromatic heterocycles. The Hall–Kier alpha value is -0.670. The van der Waals surface area contributed by atoms with Crippen molar-refractivity contribution >= 4 is 5.78 Å². The Bertz CT molecular complexity index is 582. The van der Waals surface area contributed by atoms with Gasteiger partial charge in [0.15, 0.2) is 0 Å². The zero-order chi connectivity index (χ0) is 17.8. The number of methoxy groups -OCH3 is 1. The van der Waals surface area contributed by atoms with Crippen molar-refractivity contribution in [3.63, 3.8) is 0 Å². The van der Waals surface area contributed by atoms with Gasteiger partial charge in [0.1, 0.15) is 5.78 Å². The number of fused-ring (bicyclic) bond motifs is 5. The molecule has 4 unspecified atom stereocenters. The predicted molar refractivity (Wildman–Crippen MR) is 98.1 cm³/mol. The number of aliphatic hydroxyl groups excluding tert-OH is 1. The average Bonchev–Trinajstić information content (AvgIpc) is 2.93. The molecule has 0 radical (unpaired) electrons. The number of hydrogen-bond donors (Lipinski definition) is 1. The third kappa shape index (κ3) is 2.49. The van der Waals surface area contributed by atoms with Crippen molar-refractivity contribution in [3.8, 4) is 0 Å². The maximum Gasteiger partial charge on any atom is 0.133 e. The minimum Gasteiger partial charge on any atom is -0.393 e. The molecule has 3 fully saturated rings. The maximum atomic E-state index is 12.2. The second-order valence-corrected chi connectivity index (χ2v) is 9.61. The first-order valence-corrected chi connectivity index (χ1v) is 10.3. The summed E-state index contributed by atoms with van der Waals surface area (Å²) >= 11 is 0. The quantitative estimate of drug-likeness (QED) is 0.781. The summed E-state index contributed by atoms with van der Waals surface area (Å²) in [6.45, 7) is 5.00. The van der Waals surface area contributed by atoms with Crippen LogP contribution in [0.5, 0.6) is 0 Å². The van der Waals surface area contributed by atoms with Crippen LogP contribution in [0.1, 0.15) is 65.2 Å². The van der Waals surface area contributed by atoms with Gasteiger partial charge in [-0.2, -0.15) is 0 Å². The van der Waals surface area contributed by atoms with E-state index < -0.39 is 0 Å². The van der Waals surface area contributed by atoms with Crippen LogP contribution in [0.15, 0.2) is 11.6 Å². The molecule has 0 heterocycles. The standard InChI is InChI=1S/C22H34O3/c1-14(23)18-6-7-19-17-5-4-15-12-16(24)8-11-22(15,13-25-3)20(17)9-10-21(18,19)2/h4,16-20,24H,5-13H2,1-3H3/t16-,17?,18?,19-,20-,21?,22?/m0/s1. The van der Waals surface area contributed by atoms with Gasteiger partial charge in [0, 0.05) is 18.4 Å². The van der Waals surface area contributed by atoms with E-state index in [1.807, 2.05) is 7.11 Å². The van der Waals surface area contributed by atoms with Gasteiger partial charge in [0.2, 0.25) is 0 Å². The molecule has 25 heavy (non-hydrogen) atoms. The lowest BCUT2D eigenvalue weighted by Gasteiger charge is -2.58. The van der Waals surface area contributed by atoms with Crippen LogP contribution in [0, 0.1) is 34.5 Å². The van der Waals surface area contributed by atoms with Crippen molar-refractivity contribution < 1.29 is 14.6 Å².